The van der Waals surface area contributed by atoms with E-state index in [1.54, 1.807) is 6.33 Å². The largest absolute Gasteiger partial charge is 0.242 e. The summed E-state index contributed by atoms with van der Waals surface area (Å²) in [6.45, 7) is 3.99. The van der Waals surface area contributed by atoms with Crippen LogP contribution in [0.4, 0.5) is 0 Å². The maximum absolute atomic E-state index is 4.59. The fraction of sp³-hybridized carbons (Fsp3) is 0.235. The second kappa shape index (κ2) is 6.39. The predicted molar refractivity (Wildman–Crippen MR) is 84.2 cm³/mol. The lowest BCUT2D eigenvalue weighted by Gasteiger charge is -2.06. The van der Waals surface area contributed by atoms with Crippen molar-refractivity contribution in [1.29, 1.82) is 0 Å². The van der Waals surface area contributed by atoms with Crippen molar-refractivity contribution in [2.75, 3.05) is 0 Å². The Bertz CT molecular complexity index is 771. The van der Waals surface area contributed by atoms with Gasteiger partial charge < -0.3 is 0 Å². The molecule has 0 aliphatic carbocycles. The van der Waals surface area contributed by atoms with Crippen LogP contribution in [-0.4, -0.2) is 24.9 Å². The molecule has 0 saturated carbocycles. The van der Waals surface area contributed by atoms with E-state index < -0.39 is 0 Å². The molecule has 0 aliphatic rings. The zero-order valence-corrected chi connectivity index (χ0v) is 12.7. The topological polar surface area (TPSA) is 64.5 Å². The van der Waals surface area contributed by atoms with Gasteiger partial charge in [0.1, 0.15) is 18.0 Å². The molecule has 0 aliphatic heterocycles. The summed E-state index contributed by atoms with van der Waals surface area (Å²) in [4.78, 5) is 22.0. The number of nitrogens with zero attached hydrogens (tertiary/aromatic N) is 5. The average molecular weight is 291 g/mol. The van der Waals surface area contributed by atoms with Gasteiger partial charge in [-0.2, -0.15) is 0 Å². The highest BCUT2D eigenvalue weighted by Gasteiger charge is 2.09. The molecule has 0 atom stereocenters. The fourth-order valence-electron chi connectivity index (χ4n) is 2.19. The van der Waals surface area contributed by atoms with Crippen LogP contribution in [0.3, 0.4) is 0 Å². The van der Waals surface area contributed by atoms with Crippen molar-refractivity contribution >= 4 is 0 Å². The Hall–Kier alpha value is -2.69. The lowest BCUT2D eigenvalue weighted by molar-refractivity contribution is 0.830. The van der Waals surface area contributed by atoms with Crippen LogP contribution in [0.25, 0.3) is 11.4 Å². The van der Waals surface area contributed by atoms with E-state index in [1.807, 2.05) is 50.2 Å². The van der Waals surface area contributed by atoms with Crippen molar-refractivity contribution in [3.05, 3.63) is 65.8 Å². The second-order valence-electron chi connectivity index (χ2n) is 5.04. The Morgan fingerprint density at radius 1 is 0.909 bits per heavy atom. The highest BCUT2D eigenvalue weighted by atomic mass is 15.0. The fourth-order valence-corrected chi connectivity index (χ4v) is 2.19. The molecule has 0 fully saturated rings. The maximum atomic E-state index is 4.59. The van der Waals surface area contributed by atoms with E-state index in [0.717, 1.165) is 35.0 Å². The summed E-state index contributed by atoms with van der Waals surface area (Å²) < 4.78 is 0. The Kier molecular flexibility index (Phi) is 4.14. The minimum atomic E-state index is 0.582. The van der Waals surface area contributed by atoms with Crippen molar-refractivity contribution in [3.63, 3.8) is 0 Å². The van der Waals surface area contributed by atoms with Gasteiger partial charge in [0.05, 0.1) is 12.1 Å². The quantitative estimate of drug-likeness (QED) is 0.739. The van der Waals surface area contributed by atoms with Crippen LogP contribution in [0.1, 0.15) is 30.0 Å². The first-order valence-corrected chi connectivity index (χ1v) is 7.31. The Morgan fingerprint density at radius 2 is 1.68 bits per heavy atom. The molecule has 2 heterocycles. The molecule has 5 heteroatoms. The third-order valence-electron chi connectivity index (χ3n) is 3.28. The third-order valence-corrected chi connectivity index (χ3v) is 3.28. The van der Waals surface area contributed by atoms with E-state index in [9.17, 15) is 0 Å². The average Bonchev–Trinajstić information content (AvgIpc) is 2.55. The number of rotatable bonds is 4. The van der Waals surface area contributed by atoms with E-state index in [4.69, 9.17) is 0 Å². The van der Waals surface area contributed by atoms with Gasteiger partial charge in [0.15, 0.2) is 5.82 Å². The van der Waals surface area contributed by atoms with E-state index >= 15 is 0 Å². The van der Waals surface area contributed by atoms with Crippen LogP contribution in [0, 0.1) is 6.92 Å². The van der Waals surface area contributed by atoms with E-state index in [2.05, 4.69) is 24.9 Å². The first kappa shape index (κ1) is 14.3. The van der Waals surface area contributed by atoms with Gasteiger partial charge in [0, 0.05) is 17.7 Å². The molecule has 2 aromatic heterocycles. The van der Waals surface area contributed by atoms with Gasteiger partial charge >= 0.3 is 0 Å². The molecule has 22 heavy (non-hydrogen) atoms. The molecule has 0 bridgehead atoms. The second-order valence-corrected chi connectivity index (χ2v) is 5.04. The van der Waals surface area contributed by atoms with Crippen LogP contribution >= 0.6 is 0 Å². The number of hydrogen-bond acceptors (Lipinski definition) is 5. The Morgan fingerprint density at radius 3 is 2.41 bits per heavy atom. The molecule has 0 spiro atoms. The van der Waals surface area contributed by atoms with Crippen molar-refractivity contribution in [3.8, 4) is 11.4 Å². The molecule has 3 rings (SSSR count). The predicted octanol–water partition coefficient (Wildman–Crippen LogP) is 2.79. The maximum Gasteiger partial charge on any atom is 0.163 e. The van der Waals surface area contributed by atoms with Crippen molar-refractivity contribution in [2.45, 2.75) is 26.7 Å². The summed E-state index contributed by atoms with van der Waals surface area (Å²) in [5, 5.41) is 0. The smallest absolute Gasteiger partial charge is 0.163 e. The minimum absolute atomic E-state index is 0.582. The summed E-state index contributed by atoms with van der Waals surface area (Å²) >= 11 is 0. The molecule has 0 radical (unpaired) electrons. The van der Waals surface area contributed by atoms with Gasteiger partial charge in [-0.25, -0.2) is 24.9 Å². The van der Waals surface area contributed by atoms with Gasteiger partial charge in [-0.3, -0.25) is 0 Å². The summed E-state index contributed by atoms with van der Waals surface area (Å²) in [6.07, 6.45) is 2.93. The SMILES string of the molecule is CCc1nc(Cc2cc(C)ncn2)nc(-c2ccccc2)n1. The number of aromatic nitrogens is 5. The van der Waals surface area contributed by atoms with Crippen LogP contribution in [0.2, 0.25) is 0 Å². The number of hydrogen-bond donors (Lipinski definition) is 0. The molecular formula is C17H17N5. The summed E-state index contributed by atoms with van der Waals surface area (Å²) in [7, 11) is 0. The van der Waals surface area contributed by atoms with Gasteiger partial charge in [-0.15, -0.1) is 0 Å². The lowest BCUT2D eigenvalue weighted by atomic mass is 10.2. The van der Waals surface area contributed by atoms with Crippen LogP contribution in [-0.2, 0) is 12.8 Å². The number of benzene rings is 1. The zero-order valence-electron chi connectivity index (χ0n) is 12.7. The van der Waals surface area contributed by atoms with Crippen molar-refractivity contribution in [2.24, 2.45) is 0 Å². The summed E-state index contributed by atoms with van der Waals surface area (Å²) in [6, 6.07) is 11.9. The summed E-state index contributed by atoms with van der Waals surface area (Å²) in [5.74, 6) is 2.26. The first-order valence-electron chi connectivity index (χ1n) is 7.31. The van der Waals surface area contributed by atoms with Gasteiger partial charge in [0.25, 0.3) is 0 Å². The standard InChI is InChI=1S/C17H17N5/c1-3-15-20-16(10-14-9-12(2)18-11-19-14)22-17(21-15)13-7-5-4-6-8-13/h4-9,11H,3,10H2,1-2H3. The van der Waals surface area contributed by atoms with E-state index in [1.165, 1.54) is 0 Å². The monoisotopic (exact) mass is 291 g/mol. The lowest BCUT2D eigenvalue weighted by Crippen LogP contribution is -2.06. The van der Waals surface area contributed by atoms with Crippen LogP contribution in [0.5, 0.6) is 0 Å². The molecule has 0 unspecified atom stereocenters. The molecule has 0 saturated heterocycles. The Balaban J connectivity index is 1.97. The summed E-state index contributed by atoms with van der Waals surface area (Å²) in [5.41, 5.74) is 2.86. The van der Waals surface area contributed by atoms with Crippen LogP contribution < -0.4 is 0 Å². The van der Waals surface area contributed by atoms with Crippen molar-refractivity contribution in [1.82, 2.24) is 24.9 Å². The van der Waals surface area contributed by atoms with Gasteiger partial charge in [-0.05, 0) is 13.0 Å². The van der Waals surface area contributed by atoms with Gasteiger partial charge in [-0.1, -0.05) is 37.3 Å². The molecular weight excluding hydrogens is 274 g/mol. The van der Waals surface area contributed by atoms with Crippen molar-refractivity contribution < 1.29 is 0 Å². The molecule has 0 N–H and O–H groups in total. The number of aryl methyl sites for hydroxylation is 2. The van der Waals surface area contributed by atoms with Crippen LogP contribution in [0.15, 0.2) is 42.7 Å². The molecule has 5 nitrogen and oxygen atoms in total. The zero-order chi connectivity index (χ0) is 15.4. The molecule has 1 aromatic carbocycles. The van der Waals surface area contributed by atoms with E-state index in [0.29, 0.717) is 12.2 Å². The Labute approximate surface area is 129 Å². The van der Waals surface area contributed by atoms with Gasteiger partial charge in [0.2, 0.25) is 0 Å². The third kappa shape index (κ3) is 3.31. The van der Waals surface area contributed by atoms with E-state index in [-0.39, 0.29) is 0 Å². The molecule has 0 amide bonds. The highest BCUT2D eigenvalue weighted by Crippen LogP contribution is 2.15. The molecule has 3 aromatic rings. The molecule has 110 valence electrons. The normalized spacial score (nSPS) is 10.6. The first-order chi connectivity index (χ1) is 10.7. The highest BCUT2D eigenvalue weighted by molar-refractivity contribution is 5.54. The minimum Gasteiger partial charge on any atom is -0.242 e.